The van der Waals surface area contributed by atoms with Crippen LogP contribution in [-0.2, 0) is 6.42 Å². The number of hydrogen-bond donors (Lipinski definition) is 0. The van der Waals surface area contributed by atoms with Gasteiger partial charge in [0.1, 0.15) is 0 Å². The average molecular weight is 335 g/mol. The second-order valence-corrected chi connectivity index (χ2v) is 6.48. The second-order valence-electron chi connectivity index (χ2n) is 6.48. The van der Waals surface area contributed by atoms with E-state index in [1.165, 1.54) is 19.3 Å². The smallest absolute Gasteiger partial charge is 0.267 e. The summed E-state index contributed by atoms with van der Waals surface area (Å²) in [5.41, 5.74) is 3.82. The van der Waals surface area contributed by atoms with Gasteiger partial charge in [-0.1, -0.05) is 56.5 Å². The van der Waals surface area contributed by atoms with Gasteiger partial charge in [-0.25, -0.2) is 5.01 Å². The number of carbonyl (C=O) groups is 1. The zero-order valence-corrected chi connectivity index (χ0v) is 14.8. The molecule has 1 aromatic heterocycles. The number of nitrogens with zero attached hydrogens (tertiary/aromatic N) is 3. The Kier molecular flexibility index (Phi) is 5.94. The molecular weight excluding hydrogens is 310 g/mol. The lowest BCUT2D eigenvalue weighted by molar-refractivity contribution is 0.0778. The number of unbranched alkanes of at least 4 members (excludes halogenated alkanes) is 3. The quantitative estimate of drug-likeness (QED) is 0.702. The maximum absolute atomic E-state index is 12.7. The van der Waals surface area contributed by atoms with Crippen LogP contribution in [0.1, 0.15) is 60.5 Å². The zero-order valence-electron chi connectivity index (χ0n) is 14.8. The molecule has 0 unspecified atom stereocenters. The fourth-order valence-electron chi connectivity index (χ4n) is 3.08. The monoisotopic (exact) mass is 335 g/mol. The van der Waals surface area contributed by atoms with E-state index in [2.05, 4.69) is 17.0 Å². The first kappa shape index (κ1) is 17.3. The molecule has 2 aromatic rings. The van der Waals surface area contributed by atoms with Crippen LogP contribution < -0.4 is 0 Å². The van der Waals surface area contributed by atoms with E-state index < -0.39 is 0 Å². The predicted molar refractivity (Wildman–Crippen MR) is 101 cm³/mol. The van der Waals surface area contributed by atoms with E-state index in [4.69, 9.17) is 0 Å². The van der Waals surface area contributed by atoms with Crippen molar-refractivity contribution >= 4 is 11.6 Å². The molecule has 3 rings (SSSR count). The van der Waals surface area contributed by atoms with Gasteiger partial charge in [-0.15, -0.1) is 0 Å². The summed E-state index contributed by atoms with van der Waals surface area (Å²) in [6.45, 7) is 2.84. The third-order valence-corrected chi connectivity index (χ3v) is 4.50. The first-order valence-corrected chi connectivity index (χ1v) is 9.16. The van der Waals surface area contributed by atoms with Gasteiger partial charge in [-0.05, 0) is 30.0 Å². The van der Waals surface area contributed by atoms with Crippen LogP contribution in [0, 0.1) is 0 Å². The van der Waals surface area contributed by atoms with E-state index in [0.717, 1.165) is 36.1 Å². The summed E-state index contributed by atoms with van der Waals surface area (Å²) in [6, 6.07) is 12.0. The largest absolute Gasteiger partial charge is 0.275 e. The minimum atomic E-state index is -0.0613. The summed E-state index contributed by atoms with van der Waals surface area (Å²) in [5, 5.41) is 6.09. The molecule has 1 amide bonds. The van der Waals surface area contributed by atoms with Gasteiger partial charge in [0.25, 0.3) is 5.91 Å². The highest BCUT2D eigenvalue weighted by Crippen LogP contribution is 2.17. The highest BCUT2D eigenvalue weighted by Gasteiger charge is 2.23. The molecule has 0 N–H and O–H groups in total. The molecular formula is C21H25N3O. The molecule has 0 atom stereocenters. The van der Waals surface area contributed by atoms with Crippen LogP contribution >= 0.6 is 0 Å². The average Bonchev–Trinajstić information content (AvgIpc) is 3.16. The number of hydrogen-bond acceptors (Lipinski definition) is 3. The van der Waals surface area contributed by atoms with Gasteiger partial charge < -0.3 is 0 Å². The number of pyridine rings is 1. The number of rotatable bonds is 7. The van der Waals surface area contributed by atoms with Crippen LogP contribution in [-0.4, -0.2) is 28.2 Å². The van der Waals surface area contributed by atoms with Gasteiger partial charge in [0.15, 0.2) is 0 Å². The summed E-state index contributed by atoms with van der Waals surface area (Å²) in [4.78, 5) is 17.0. The number of amides is 1. The van der Waals surface area contributed by atoms with Crippen molar-refractivity contribution in [2.24, 2.45) is 5.10 Å². The van der Waals surface area contributed by atoms with Crippen molar-refractivity contribution in [3.63, 3.8) is 0 Å². The molecule has 130 valence electrons. The van der Waals surface area contributed by atoms with E-state index in [9.17, 15) is 4.79 Å². The Hall–Kier alpha value is -2.49. The Morgan fingerprint density at radius 1 is 1.12 bits per heavy atom. The molecule has 0 radical (unpaired) electrons. The SMILES string of the molecule is CCCCCCc1cncc(C(=O)N2CCC(c3ccccc3)=N2)c1. The van der Waals surface area contributed by atoms with E-state index in [0.29, 0.717) is 12.1 Å². The Balaban J connectivity index is 1.66. The molecule has 25 heavy (non-hydrogen) atoms. The van der Waals surface area contributed by atoms with Gasteiger partial charge in [-0.2, -0.15) is 5.10 Å². The van der Waals surface area contributed by atoms with Crippen LogP contribution in [0.25, 0.3) is 0 Å². The van der Waals surface area contributed by atoms with Gasteiger partial charge in [0, 0.05) is 18.8 Å². The fraction of sp³-hybridized carbons (Fsp3) is 0.381. The molecule has 2 heterocycles. The van der Waals surface area contributed by atoms with Gasteiger partial charge >= 0.3 is 0 Å². The van der Waals surface area contributed by atoms with Crippen LogP contribution in [0.5, 0.6) is 0 Å². The topological polar surface area (TPSA) is 45.6 Å². The van der Waals surface area contributed by atoms with Crippen molar-refractivity contribution in [2.45, 2.75) is 45.4 Å². The summed E-state index contributed by atoms with van der Waals surface area (Å²) in [5.74, 6) is -0.0613. The van der Waals surface area contributed by atoms with E-state index in [-0.39, 0.29) is 5.91 Å². The molecule has 1 aliphatic heterocycles. The standard InChI is InChI=1S/C21H25N3O/c1-2-3-4-6-9-17-14-19(16-22-15-17)21(25)24-13-12-20(23-24)18-10-7-5-8-11-18/h5,7-8,10-11,14-16H,2-4,6,9,12-13H2,1H3. The first-order valence-electron chi connectivity index (χ1n) is 9.16. The second kappa shape index (κ2) is 8.56. The van der Waals surface area contributed by atoms with E-state index >= 15 is 0 Å². The number of carbonyl (C=O) groups excluding carboxylic acids is 1. The lowest BCUT2D eigenvalue weighted by atomic mass is 10.1. The third-order valence-electron chi connectivity index (χ3n) is 4.50. The number of aromatic nitrogens is 1. The minimum Gasteiger partial charge on any atom is -0.267 e. The third kappa shape index (κ3) is 4.53. The fourth-order valence-corrected chi connectivity index (χ4v) is 3.08. The van der Waals surface area contributed by atoms with Crippen LogP contribution in [0.4, 0.5) is 0 Å². The van der Waals surface area contributed by atoms with Gasteiger partial charge in [-0.3, -0.25) is 9.78 Å². The Bertz CT molecular complexity index is 740. The van der Waals surface area contributed by atoms with E-state index in [1.807, 2.05) is 42.6 Å². The van der Waals surface area contributed by atoms with Crippen molar-refractivity contribution < 1.29 is 4.79 Å². The molecule has 0 saturated carbocycles. The van der Waals surface area contributed by atoms with Crippen LogP contribution in [0.15, 0.2) is 53.9 Å². The minimum absolute atomic E-state index is 0.0613. The molecule has 4 nitrogen and oxygen atoms in total. The van der Waals surface area contributed by atoms with Gasteiger partial charge in [0.05, 0.1) is 17.8 Å². The maximum Gasteiger partial charge on any atom is 0.275 e. The van der Waals surface area contributed by atoms with Crippen molar-refractivity contribution in [3.8, 4) is 0 Å². The van der Waals surface area contributed by atoms with Crippen molar-refractivity contribution in [1.29, 1.82) is 0 Å². The van der Waals surface area contributed by atoms with Crippen molar-refractivity contribution in [3.05, 3.63) is 65.5 Å². The molecule has 0 fully saturated rings. The summed E-state index contributed by atoms with van der Waals surface area (Å²) >= 11 is 0. The van der Waals surface area contributed by atoms with Crippen molar-refractivity contribution in [1.82, 2.24) is 9.99 Å². The number of aryl methyl sites for hydroxylation is 1. The number of benzene rings is 1. The summed E-state index contributed by atoms with van der Waals surface area (Å²) < 4.78 is 0. The summed E-state index contributed by atoms with van der Waals surface area (Å²) in [6.07, 6.45) is 10.1. The lowest BCUT2D eigenvalue weighted by Gasteiger charge is -2.12. The first-order chi connectivity index (χ1) is 12.3. The summed E-state index contributed by atoms with van der Waals surface area (Å²) in [7, 11) is 0. The molecule has 0 spiro atoms. The molecule has 1 aromatic carbocycles. The lowest BCUT2D eigenvalue weighted by Crippen LogP contribution is -2.23. The molecule has 4 heteroatoms. The highest BCUT2D eigenvalue weighted by molar-refractivity contribution is 6.04. The zero-order chi connectivity index (χ0) is 17.5. The highest BCUT2D eigenvalue weighted by atomic mass is 16.2. The number of hydrazone groups is 1. The van der Waals surface area contributed by atoms with E-state index in [1.54, 1.807) is 11.2 Å². The molecule has 0 bridgehead atoms. The predicted octanol–water partition coefficient (Wildman–Crippen LogP) is 4.45. The van der Waals surface area contributed by atoms with Crippen molar-refractivity contribution in [2.75, 3.05) is 6.54 Å². The van der Waals surface area contributed by atoms with Crippen LogP contribution in [0.2, 0.25) is 0 Å². The molecule has 0 saturated heterocycles. The Morgan fingerprint density at radius 2 is 1.96 bits per heavy atom. The normalized spacial score (nSPS) is 13.8. The Morgan fingerprint density at radius 3 is 2.76 bits per heavy atom. The Labute approximate surface area is 149 Å². The van der Waals surface area contributed by atoms with Gasteiger partial charge in [0.2, 0.25) is 0 Å². The molecule has 0 aliphatic carbocycles. The van der Waals surface area contributed by atoms with Crippen LogP contribution in [0.3, 0.4) is 0 Å². The maximum atomic E-state index is 12.7. The molecule has 1 aliphatic rings.